The van der Waals surface area contributed by atoms with Crippen molar-refractivity contribution >= 4 is 23.1 Å². The van der Waals surface area contributed by atoms with Crippen molar-refractivity contribution in [3.63, 3.8) is 0 Å². The molecule has 1 unspecified atom stereocenters. The van der Waals surface area contributed by atoms with Crippen LogP contribution in [-0.2, 0) is 16.1 Å². The Hall–Kier alpha value is -2.14. The monoisotopic (exact) mass is 373 g/mol. The summed E-state index contributed by atoms with van der Waals surface area (Å²) in [4.78, 5) is 15.9. The van der Waals surface area contributed by atoms with Gasteiger partial charge in [-0.15, -0.1) is 11.3 Å². The normalized spacial score (nSPS) is 16.8. The van der Waals surface area contributed by atoms with Gasteiger partial charge in [-0.3, -0.25) is 15.0 Å². The van der Waals surface area contributed by atoms with Crippen molar-refractivity contribution in [3.05, 3.63) is 39.3 Å². The smallest absolute Gasteiger partial charge is 0.240 e. The molecule has 0 aliphatic carbocycles. The first-order chi connectivity index (χ1) is 12.6. The van der Waals surface area contributed by atoms with E-state index in [-0.39, 0.29) is 24.4 Å². The molecular formula is C19H23N3O3S. The number of furan rings is 1. The van der Waals surface area contributed by atoms with Crippen molar-refractivity contribution < 1.29 is 13.9 Å². The highest BCUT2D eigenvalue weighted by Gasteiger charge is 2.23. The highest BCUT2D eigenvalue weighted by molar-refractivity contribution is 7.09. The lowest BCUT2D eigenvalue weighted by Gasteiger charge is -2.24. The van der Waals surface area contributed by atoms with Crippen LogP contribution >= 0.6 is 11.3 Å². The summed E-state index contributed by atoms with van der Waals surface area (Å²) in [5.41, 5.74) is 1.15. The van der Waals surface area contributed by atoms with Crippen LogP contribution in [0.5, 0.6) is 0 Å². The van der Waals surface area contributed by atoms with E-state index < -0.39 is 0 Å². The van der Waals surface area contributed by atoms with Crippen LogP contribution in [0.1, 0.15) is 34.6 Å². The fourth-order valence-electron chi connectivity index (χ4n) is 3.10. The number of nitriles is 1. The summed E-state index contributed by atoms with van der Waals surface area (Å²) < 4.78 is 11.3. The molecule has 0 saturated carbocycles. The lowest BCUT2D eigenvalue weighted by Crippen LogP contribution is -2.37. The molecule has 1 atom stereocenters. The minimum atomic E-state index is -0.190. The Morgan fingerprint density at radius 2 is 2.35 bits per heavy atom. The van der Waals surface area contributed by atoms with E-state index in [1.807, 2.05) is 18.4 Å². The van der Waals surface area contributed by atoms with Crippen LogP contribution in [-0.4, -0.2) is 36.6 Å². The van der Waals surface area contributed by atoms with Gasteiger partial charge in [0.1, 0.15) is 17.4 Å². The minimum Gasteiger partial charge on any atom is -0.444 e. The molecule has 1 fully saturated rings. The van der Waals surface area contributed by atoms with E-state index in [1.165, 1.54) is 4.88 Å². The van der Waals surface area contributed by atoms with Gasteiger partial charge in [-0.05, 0) is 38.1 Å². The lowest BCUT2D eigenvalue weighted by molar-refractivity contribution is -0.117. The Kier molecular flexibility index (Phi) is 6.09. The summed E-state index contributed by atoms with van der Waals surface area (Å²) in [6, 6.07) is 6.18. The number of carbonyl (C=O) groups is 1. The van der Waals surface area contributed by atoms with Crippen LogP contribution in [0, 0.1) is 25.2 Å². The van der Waals surface area contributed by atoms with Crippen molar-refractivity contribution in [1.82, 2.24) is 4.90 Å². The zero-order valence-corrected chi connectivity index (χ0v) is 15.9. The fourth-order valence-corrected chi connectivity index (χ4v) is 3.85. The number of nitrogens with zero attached hydrogens (tertiary/aromatic N) is 2. The molecule has 0 spiro atoms. The topological polar surface area (TPSA) is 78.5 Å². The van der Waals surface area contributed by atoms with Gasteiger partial charge in [0.15, 0.2) is 0 Å². The molecular weight excluding hydrogens is 350 g/mol. The number of rotatable bonds is 7. The molecule has 3 heterocycles. The lowest BCUT2D eigenvalue weighted by atomic mass is 10.2. The Bertz CT molecular complexity index is 786. The van der Waals surface area contributed by atoms with Gasteiger partial charge in [0.25, 0.3) is 0 Å². The number of amides is 1. The molecule has 0 bridgehead atoms. The summed E-state index contributed by atoms with van der Waals surface area (Å²) in [5, 5.41) is 14.1. The third-order valence-electron chi connectivity index (χ3n) is 4.56. The number of hydrogen-bond donors (Lipinski definition) is 1. The molecule has 0 radical (unpaired) electrons. The molecule has 2 aromatic rings. The highest BCUT2D eigenvalue weighted by atomic mass is 32.1. The van der Waals surface area contributed by atoms with Crippen molar-refractivity contribution in [1.29, 1.82) is 5.26 Å². The molecule has 26 heavy (non-hydrogen) atoms. The maximum Gasteiger partial charge on any atom is 0.240 e. The van der Waals surface area contributed by atoms with Crippen molar-refractivity contribution in [2.45, 2.75) is 39.3 Å². The number of carbonyl (C=O) groups excluding carboxylic acids is 1. The van der Waals surface area contributed by atoms with E-state index in [0.29, 0.717) is 24.4 Å². The maximum atomic E-state index is 12.6. The molecule has 6 nitrogen and oxygen atoms in total. The first kappa shape index (κ1) is 18.6. The number of thiophene rings is 1. The van der Waals surface area contributed by atoms with E-state index >= 15 is 0 Å². The average Bonchev–Trinajstić information content (AvgIpc) is 3.32. The zero-order chi connectivity index (χ0) is 18.5. The quantitative estimate of drug-likeness (QED) is 0.804. The van der Waals surface area contributed by atoms with Gasteiger partial charge in [-0.2, -0.15) is 5.26 Å². The van der Waals surface area contributed by atoms with Crippen LogP contribution in [0.3, 0.4) is 0 Å². The first-order valence-corrected chi connectivity index (χ1v) is 9.61. The van der Waals surface area contributed by atoms with Crippen molar-refractivity contribution in [3.8, 4) is 6.07 Å². The number of ether oxygens (including phenoxy) is 1. The zero-order valence-electron chi connectivity index (χ0n) is 15.1. The van der Waals surface area contributed by atoms with Gasteiger partial charge in [-0.1, -0.05) is 6.07 Å². The van der Waals surface area contributed by atoms with Gasteiger partial charge in [0.2, 0.25) is 11.8 Å². The van der Waals surface area contributed by atoms with E-state index in [2.05, 4.69) is 22.4 Å². The third kappa shape index (κ3) is 4.52. The van der Waals surface area contributed by atoms with Gasteiger partial charge in [0.05, 0.1) is 12.6 Å². The van der Waals surface area contributed by atoms with Gasteiger partial charge in [0, 0.05) is 30.1 Å². The summed E-state index contributed by atoms with van der Waals surface area (Å²) in [5.74, 6) is 0.692. The summed E-state index contributed by atoms with van der Waals surface area (Å²) in [6.07, 6.45) is 2.27. The number of anilines is 1. The predicted molar refractivity (Wildman–Crippen MR) is 100 cm³/mol. The van der Waals surface area contributed by atoms with Gasteiger partial charge in [-0.25, -0.2) is 0 Å². The molecule has 1 saturated heterocycles. The minimum absolute atomic E-state index is 0.172. The van der Waals surface area contributed by atoms with Gasteiger partial charge < -0.3 is 9.15 Å². The second-order valence-corrected chi connectivity index (χ2v) is 7.56. The molecule has 1 aliphatic rings. The third-order valence-corrected chi connectivity index (χ3v) is 5.42. The Labute approximate surface area is 157 Å². The second-order valence-electron chi connectivity index (χ2n) is 6.53. The van der Waals surface area contributed by atoms with E-state index in [0.717, 1.165) is 25.0 Å². The number of nitrogens with one attached hydrogen (secondary N) is 1. The van der Waals surface area contributed by atoms with Gasteiger partial charge >= 0.3 is 0 Å². The number of hydrogen-bond acceptors (Lipinski definition) is 6. The molecule has 1 N–H and O–H groups in total. The maximum absolute atomic E-state index is 12.6. The van der Waals surface area contributed by atoms with Crippen LogP contribution in [0.15, 0.2) is 21.9 Å². The van der Waals surface area contributed by atoms with E-state index in [9.17, 15) is 10.1 Å². The predicted octanol–water partition coefficient (Wildman–Crippen LogP) is 3.45. The molecule has 138 valence electrons. The Balaban J connectivity index is 1.66. The average molecular weight is 373 g/mol. The van der Waals surface area contributed by atoms with Crippen molar-refractivity contribution in [2.75, 3.05) is 25.0 Å². The van der Waals surface area contributed by atoms with E-state index in [4.69, 9.17) is 9.15 Å². The molecule has 1 aliphatic heterocycles. The number of aryl methyl sites for hydroxylation is 1. The summed E-state index contributed by atoms with van der Waals surface area (Å²) in [6.45, 7) is 6.03. The molecule has 7 heteroatoms. The highest BCUT2D eigenvalue weighted by Crippen LogP contribution is 2.25. The Morgan fingerprint density at radius 1 is 1.50 bits per heavy atom. The van der Waals surface area contributed by atoms with Crippen LogP contribution in [0.25, 0.3) is 0 Å². The van der Waals surface area contributed by atoms with Crippen molar-refractivity contribution in [2.24, 2.45) is 0 Å². The summed E-state index contributed by atoms with van der Waals surface area (Å²) in [7, 11) is 0. The first-order valence-electron chi connectivity index (χ1n) is 8.73. The van der Waals surface area contributed by atoms with Crippen LogP contribution in [0.4, 0.5) is 5.88 Å². The van der Waals surface area contributed by atoms with E-state index in [1.54, 1.807) is 18.3 Å². The van der Waals surface area contributed by atoms with Crippen LogP contribution < -0.4 is 5.32 Å². The SMILES string of the molecule is Cc1oc(NC(=O)CN(Cc2cccs2)CC2CCCO2)c(C#N)c1C. The summed E-state index contributed by atoms with van der Waals surface area (Å²) >= 11 is 1.68. The van der Waals surface area contributed by atoms with Crippen LogP contribution in [0.2, 0.25) is 0 Å². The molecule has 1 amide bonds. The standard InChI is InChI=1S/C19H23N3O3S/c1-13-14(2)25-19(17(13)9-20)21-18(23)12-22(10-15-5-3-7-24-15)11-16-6-4-8-26-16/h4,6,8,15H,3,5,7,10-12H2,1-2H3,(H,21,23). The second kappa shape index (κ2) is 8.49. The molecule has 0 aromatic carbocycles. The largest absolute Gasteiger partial charge is 0.444 e. The Morgan fingerprint density at radius 3 is 3.00 bits per heavy atom. The fraction of sp³-hybridized carbons (Fsp3) is 0.474. The molecule has 3 rings (SSSR count). The molecule has 2 aromatic heterocycles.